The van der Waals surface area contributed by atoms with Gasteiger partial charge in [-0.2, -0.15) is 0 Å². The molecule has 2 rings (SSSR count). The van der Waals surface area contributed by atoms with Crippen LogP contribution in [-0.2, 0) is 0 Å². The highest BCUT2D eigenvalue weighted by molar-refractivity contribution is 5.52. The van der Waals surface area contributed by atoms with E-state index in [1.807, 2.05) is 38.6 Å². The summed E-state index contributed by atoms with van der Waals surface area (Å²) in [6, 6.07) is 3.72. The zero-order chi connectivity index (χ0) is 11.5. The van der Waals surface area contributed by atoms with Crippen LogP contribution in [0.2, 0.25) is 0 Å². The van der Waals surface area contributed by atoms with Crippen molar-refractivity contribution in [1.82, 2.24) is 9.08 Å². The molecule has 0 aliphatic rings. The predicted molar refractivity (Wildman–Crippen MR) is 61.9 cm³/mol. The fraction of sp³-hybridized carbons (Fsp3) is 0.400. The minimum absolute atomic E-state index is 0.0422. The molecule has 6 nitrogen and oxygen atoms in total. The molecule has 4 N–H and O–H groups in total. The third kappa shape index (κ3) is 1.72. The number of imidazole rings is 1. The lowest BCUT2D eigenvalue weighted by Crippen LogP contribution is -2.38. The van der Waals surface area contributed by atoms with E-state index in [0.29, 0.717) is 18.9 Å². The summed E-state index contributed by atoms with van der Waals surface area (Å²) in [6.07, 6.45) is 3.71. The van der Waals surface area contributed by atoms with Gasteiger partial charge in [0.15, 0.2) is 0 Å². The molecule has 0 amide bonds. The molecule has 6 heteroatoms. The lowest BCUT2D eigenvalue weighted by atomic mass is 10.5. The number of fused-ring (bicyclic) bond motifs is 1. The molecule has 0 saturated carbocycles. The van der Waals surface area contributed by atoms with Gasteiger partial charge in [-0.15, -0.1) is 0 Å². The number of aliphatic hydroxyl groups is 2. The van der Waals surface area contributed by atoms with Gasteiger partial charge in [-0.05, 0) is 12.1 Å². The van der Waals surface area contributed by atoms with Crippen LogP contribution in [0.3, 0.4) is 0 Å². The standard InChI is InChI=1S/C10H16N4O2/c11-9-1-2-10-13(9)3-4-14(10)12(5-7-15)6-8-16/h1-4,15-16H,5-8,11H2. The molecule has 88 valence electrons. The van der Waals surface area contributed by atoms with Gasteiger partial charge >= 0.3 is 0 Å². The second kappa shape index (κ2) is 4.46. The minimum atomic E-state index is 0.0422. The quantitative estimate of drug-likeness (QED) is 0.624. The Hall–Kier alpha value is -1.66. The fourth-order valence-electron chi connectivity index (χ4n) is 1.81. The first-order valence-corrected chi connectivity index (χ1v) is 5.18. The number of anilines is 1. The number of aromatic nitrogens is 2. The Bertz CT molecular complexity index is 456. The number of rotatable bonds is 5. The van der Waals surface area contributed by atoms with Gasteiger partial charge in [0, 0.05) is 12.4 Å². The molecule has 16 heavy (non-hydrogen) atoms. The van der Waals surface area contributed by atoms with E-state index in [-0.39, 0.29) is 13.2 Å². The van der Waals surface area contributed by atoms with Gasteiger partial charge in [0.1, 0.15) is 11.5 Å². The molecule has 0 spiro atoms. The van der Waals surface area contributed by atoms with Crippen LogP contribution in [0.1, 0.15) is 0 Å². The normalized spacial score (nSPS) is 11.1. The molecule has 0 aliphatic heterocycles. The molecule has 0 radical (unpaired) electrons. The van der Waals surface area contributed by atoms with E-state index in [1.165, 1.54) is 0 Å². The first-order chi connectivity index (χ1) is 7.77. The highest BCUT2D eigenvalue weighted by Crippen LogP contribution is 2.13. The largest absolute Gasteiger partial charge is 0.394 e. The van der Waals surface area contributed by atoms with Gasteiger partial charge in [-0.3, -0.25) is 4.40 Å². The molecule has 0 bridgehead atoms. The van der Waals surface area contributed by atoms with Crippen LogP contribution in [-0.4, -0.2) is 45.6 Å². The molecule has 0 fully saturated rings. The first kappa shape index (κ1) is 10.8. The van der Waals surface area contributed by atoms with Crippen molar-refractivity contribution in [2.75, 3.05) is 37.0 Å². The van der Waals surface area contributed by atoms with E-state index in [9.17, 15) is 0 Å². The van der Waals surface area contributed by atoms with E-state index >= 15 is 0 Å². The Balaban J connectivity index is 2.35. The molecule has 0 atom stereocenters. The summed E-state index contributed by atoms with van der Waals surface area (Å²) in [5, 5.41) is 19.8. The van der Waals surface area contributed by atoms with Gasteiger partial charge in [-0.1, -0.05) is 0 Å². The van der Waals surface area contributed by atoms with Crippen LogP contribution in [0.5, 0.6) is 0 Å². The van der Waals surface area contributed by atoms with Crippen molar-refractivity contribution >= 4 is 11.5 Å². The maximum absolute atomic E-state index is 8.97. The zero-order valence-corrected chi connectivity index (χ0v) is 8.95. The number of hydrogen-bond donors (Lipinski definition) is 3. The summed E-state index contributed by atoms with van der Waals surface area (Å²) in [4.78, 5) is 0. The van der Waals surface area contributed by atoms with Crippen LogP contribution in [0.15, 0.2) is 24.5 Å². The van der Waals surface area contributed by atoms with E-state index < -0.39 is 0 Å². The highest BCUT2D eigenvalue weighted by Gasteiger charge is 2.09. The van der Waals surface area contributed by atoms with Crippen LogP contribution in [0, 0.1) is 0 Å². The van der Waals surface area contributed by atoms with Crippen LogP contribution >= 0.6 is 0 Å². The molecular formula is C10H16N4O2. The Morgan fingerprint density at radius 1 is 1.12 bits per heavy atom. The molecule has 2 heterocycles. The second-order valence-corrected chi connectivity index (χ2v) is 3.53. The third-order valence-corrected chi connectivity index (χ3v) is 2.54. The van der Waals surface area contributed by atoms with Crippen molar-refractivity contribution in [1.29, 1.82) is 0 Å². The molecule has 0 saturated heterocycles. The highest BCUT2D eigenvalue weighted by atomic mass is 16.3. The summed E-state index contributed by atoms with van der Waals surface area (Å²) in [7, 11) is 0. The minimum Gasteiger partial charge on any atom is -0.394 e. The second-order valence-electron chi connectivity index (χ2n) is 3.53. The van der Waals surface area contributed by atoms with Gasteiger partial charge in [0.25, 0.3) is 0 Å². The SMILES string of the molecule is Nc1ccc2n(N(CCO)CCO)ccn12. The van der Waals surface area contributed by atoms with E-state index in [1.54, 1.807) is 0 Å². The lowest BCUT2D eigenvalue weighted by Gasteiger charge is -2.24. The summed E-state index contributed by atoms with van der Waals surface area (Å²) in [6.45, 7) is 1.02. The van der Waals surface area contributed by atoms with Crippen molar-refractivity contribution in [3.8, 4) is 0 Å². The van der Waals surface area contributed by atoms with Crippen molar-refractivity contribution in [2.24, 2.45) is 0 Å². The number of aliphatic hydroxyl groups excluding tert-OH is 2. The molecule has 0 aliphatic carbocycles. The molecule has 0 aromatic carbocycles. The van der Waals surface area contributed by atoms with E-state index in [4.69, 9.17) is 15.9 Å². The van der Waals surface area contributed by atoms with Crippen molar-refractivity contribution in [3.05, 3.63) is 24.5 Å². The van der Waals surface area contributed by atoms with Gasteiger partial charge in [0.05, 0.1) is 26.3 Å². The molecule has 2 aromatic rings. The van der Waals surface area contributed by atoms with Gasteiger partial charge in [-0.25, -0.2) is 4.68 Å². The van der Waals surface area contributed by atoms with E-state index in [0.717, 1.165) is 5.65 Å². The van der Waals surface area contributed by atoms with E-state index in [2.05, 4.69) is 0 Å². The fourth-order valence-corrected chi connectivity index (χ4v) is 1.81. The van der Waals surface area contributed by atoms with Crippen molar-refractivity contribution < 1.29 is 10.2 Å². The third-order valence-electron chi connectivity index (χ3n) is 2.54. The molecular weight excluding hydrogens is 208 g/mol. The van der Waals surface area contributed by atoms with Crippen LogP contribution < -0.4 is 10.7 Å². The summed E-state index contributed by atoms with van der Waals surface area (Å²) >= 11 is 0. The zero-order valence-electron chi connectivity index (χ0n) is 8.95. The average Bonchev–Trinajstić information content (AvgIpc) is 2.82. The maximum Gasteiger partial charge on any atom is 0.137 e. The van der Waals surface area contributed by atoms with Gasteiger partial charge < -0.3 is 21.0 Å². The average molecular weight is 224 g/mol. The molecule has 0 unspecified atom stereocenters. The monoisotopic (exact) mass is 224 g/mol. The smallest absolute Gasteiger partial charge is 0.137 e. The number of nitrogen functional groups attached to an aromatic ring is 1. The Kier molecular flexibility index (Phi) is 3.02. The Morgan fingerprint density at radius 3 is 2.44 bits per heavy atom. The van der Waals surface area contributed by atoms with Crippen molar-refractivity contribution in [2.45, 2.75) is 0 Å². The predicted octanol–water partition coefficient (Wildman–Crippen LogP) is -0.754. The summed E-state index contributed by atoms with van der Waals surface area (Å²) in [5.41, 5.74) is 6.69. The lowest BCUT2D eigenvalue weighted by molar-refractivity contribution is 0.266. The first-order valence-electron chi connectivity index (χ1n) is 5.18. The van der Waals surface area contributed by atoms with Gasteiger partial charge in [0.2, 0.25) is 0 Å². The Morgan fingerprint density at radius 2 is 1.81 bits per heavy atom. The maximum atomic E-state index is 8.97. The summed E-state index contributed by atoms with van der Waals surface area (Å²) < 4.78 is 3.73. The van der Waals surface area contributed by atoms with Crippen LogP contribution in [0.4, 0.5) is 5.82 Å². The van der Waals surface area contributed by atoms with Crippen LogP contribution in [0.25, 0.3) is 5.65 Å². The number of hydrogen-bond acceptors (Lipinski definition) is 4. The summed E-state index contributed by atoms with van der Waals surface area (Å²) in [5.74, 6) is 0.668. The number of nitrogens with zero attached hydrogens (tertiary/aromatic N) is 3. The molecule has 2 aromatic heterocycles. The van der Waals surface area contributed by atoms with Crippen molar-refractivity contribution in [3.63, 3.8) is 0 Å². The topological polar surface area (TPSA) is 79.1 Å². The Labute approximate surface area is 93.1 Å². The number of nitrogens with two attached hydrogens (primary N) is 1.